The van der Waals surface area contributed by atoms with Gasteiger partial charge in [0.05, 0.1) is 12.6 Å². The number of aryl methyl sites for hydroxylation is 1. The number of rotatable bonds is 5. The molecule has 0 radical (unpaired) electrons. The van der Waals surface area contributed by atoms with Crippen molar-refractivity contribution in [2.45, 2.75) is 32.9 Å². The molecule has 0 aliphatic rings. The first-order valence-corrected chi connectivity index (χ1v) is 7.50. The largest absolute Gasteiger partial charge is 0.454 e. The number of aromatic nitrogens is 1. The van der Waals surface area contributed by atoms with Crippen LogP contribution in [-0.2, 0) is 13.0 Å². The Bertz CT molecular complexity index is 480. The molecule has 5 heteroatoms. The zero-order valence-electron chi connectivity index (χ0n) is 9.87. The van der Waals surface area contributed by atoms with E-state index in [1.54, 1.807) is 11.3 Å². The van der Waals surface area contributed by atoms with Gasteiger partial charge >= 0.3 is 0 Å². The van der Waals surface area contributed by atoms with Crippen LogP contribution >= 0.6 is 33.9 Å². The summed E-state index contributed by atoms with van der Waals surface area (Å²) in [6.45, 7) is 5.03. The lowest BCUT2D eigenvalue weighted by atomic mass is 10.3. The molecule has 0 aliphatic carbocycles. The number of hydrogen-bond donors (Lipinski definition) is 1. The molecule has 17 heavy (non-hydrogen) atoms. The molecule has 2 heterocycles. The van der Waals surface area contributed by atoms with Crippen molar-refractivity contribution in [2.75, 3.05) is 0 Å². The van der Waals surface area contributed by atoms with E-state index in [1.807, 2.05) is 18.3 Å². The lowest BCUT2D eigenvalue weighted by molar-refractivity contribution is 0.444. The molecule has 1 unspecified atom stereocenters. The van der Waals surface area contributed by atoms with E-state index >= 15 is 0 Å². The van der Waals surface area contributed by atoms with Gasteiger partial charge in [-0.3, -0.25) is 0 Å². The van der Waals surface area contributed by atoms with E-state index in [1.165, 1.54) is 4.88 Å². The predicted molar refractivity (Wildman–Crippen MR) is 78.2 cm³/mol. The summed E-state index contributed by atoms with van der Waals surface area (Å²) in [5, 5.41) is 4.56. The number of thiazole rings is 1. The van der Waals surface area contributed by atoms with E-state index in [-0.39, 0.29) is 6.04 Å². The molecule has 2 rings (SSSR count). The fourth-order valence-electron chi connectivity index (χ4n) is 1.47. The van der Waals surface area contributed by atoms with Crippen molar-refractivity contribution in [3.63, 3.8) is 0 Å². The second-order valence-corrected chi connectivity index (χ2v) is 6.04. The zero-order valence-corrected chi connectivity index (χ0v) is 12.8. The van der Waals surface area contributed by atoms with Gasteiger partial charge in [-0.15, -0.1) is 11.3 Å². The van der Waals surface area contributed by atoms with Crippen LogP contribution in [0.5, 0.6) is 0 Å². The van der Waals surface area contributed by atoms with Crippen LogP contribution < -0.4 is 5.32 Å². The molecule has 0 saturated heterocycles. The van der Waals surface area contributed by atoms with Gasteiger partial charge in [0.25, 0.3) is 0 Å². The van der Waals surface area contributed by atoms with Crippen molar-refractivity contribution in [3.8, 4) is 0 Å². The maximum absolute atomic E-state index is 5.50. The van der Waals surface area contributed by atoms with Crippen LogP contribution in [0.4, 0.5) is 0 Å². The second kappa shape index (κ2) is 5.97. The van der Waals surface area contributed by atoms with Crippen molar-refractivity contribution < 1.29 is 4.42 Å². The standard InChI is InChI=1S/C12H15IN2OS/c1-3-10-7-15-12(17-10)8(2)14-6-9-4-5-11(13)16-9/h4-5,7-8,14H,3,6H2,1-2H3. The first kappa shape index (κ1) is 13.0. The average Bonchev–Trinajstić information content (AvgIpc) is 2.94. The molecule has 2 aromatic heterocycles. The van der Waals surface area contributed by atoms with Crippen LogP contribution in [0.25, 0.3) is 0 Å². The molecule has 0 amide bonds. The number of furan rings is 1. The Balaban J connectivity index is 1.90. The molecule has 0 fully saturated rings. The van der Waals surface area contributed by atoms with Gasteiger partial charge in [-0.2, -0.15) is 0 Å². The molecule has 92 valence electrons. The van der Waals surface area contributed by atoms with Gasteiger partial charge in [-0.25, -0.2) is 4.98 Å². The van der Waals surface area contributed by atoms with E-state index in [4.69, 9.17) is 4.42 Å². The lowest BCUT2D eigenvalue weighted by Gasteiger charge is -2.09. The molecule has 0 saturated carbocycles. The molecule has 0 aromatic carbocycles. The van der Waals surface area contributed by atoms with Crippen LogP contribution in [0, 0.1) is 3.77 Å². The summed E-state index contributed by atoms with van der Waals surface area (Å²) in [7, 11) is 0. The quantitative estimate of drug-likeness (QED) is 0.824. The Morgan fingerprint density at radius 1 is 1.53 bits per heavy atom. The number of hydrogen-bond acceptors (Lipinski definition) is 4. The molecule has 1 atom stereocenters. The van der Waals surface area contributed by atoms with Gasteiger partial charge in [-0.1, -0.05) is 6.92 Å². The Morgan fingerprint density at radius 2 is 2.35 bits per heavy atom. The maximum Gasteiger partial charge on any atom is 0.164 e. The molecule has 1 N–H and O–H groups in total. The third-order valence-corrected chi connectivity index (χ3v) is 4.41. The van der Waals surface area contributed by atoms with E-state index in [0.29, 0.717) is 0 Å². The summed E-state index contributed by atoms with van der Waals surface area (Å²) in [6, 6.07) is 4.24. The highest BCUT2D eigenvalue weighted by Gasteiger charge is 2.10. The maximum atomic E-state index is 5.50. The van der Waals surface area contributed by atoms with Crippen LogP contribution in [0.15, 0.2) is 22.7 Å². The van der Waals surface area contributed by atoms with Crippen LogP contribution in [0.2, 0.25) is 0 Å². The van der Waals surface area contributed by atoms with E-state index < -0.39 is 0 Å². The fourth-order valence-corrected chi connectivity index (χ4v) is 2.82. The van der Waals surface area contributed by atoms with Crippen LogP contribution in [0.3, 0.4) is 0 Å². The van der Waals surface area contributed by atoms with Gasteiger partial charge in [0, 0.05) is 11.1 Å². The summed E-state index contributed by atoms with van der Waals surface area (Å²) in [5.74, 6) is 0.966. The molecule has 0 aliphatic heterocycles. The number of nitrogens with one attached hydrogen (secondary N) is 1. The average molecular weight is 362 g/mol. The fraction of sp³-hybridized carbons (Fsp3) is 0.417. The molecular formula is C12H15IN2OS. The summed E-state index contributed by atoms with van der Waals surface area (Å²) in [4.78, 5) is 5.76. The zero-order chi connectivity index (χ0) is 12.3. The third kappa shape index (κ3) is 3.53. The molecule has 0 bridgehead atoms. The smallest absolute Gasteiger partial charge is 0.164 e. The van der Waals surface area contributed by atoms with Crippen molar-refractivity contribution in [1.29, 1.82) is 0 Å². The highest BCUT2D eigenvalue weighted by Crippen LogP contribution is 2.20. The van der Waals surface area contributed by atoms with E-state index in [2.05, 4.69) is 46.7 Å². The summed E-state index contributed by atoms with van der Waals surface area (Å²) >= 11 is 3.95. The molecule has 3 nitrogen and oxygen atoms in total. The van der Waals surface area contributed by atoms with Crippen molar-refractivity contribution in [2.24, 2.45) is 0 Å². The lowest BCUT2D eigenvalue weighted by Crippen LogP contribution is -2.17. The van der Waals surface area contributed by atoms with E-state index in [0.717, 1.165) is 27.5 Å². The Kier molecular flexibility index (Phi) is 4.58. The second-order valence-electron chi connectivity index (χ2n) is 3.83. The topological polar surface area (TPSA) is 38.1 Å². The highest BCUT2D eigenvalue weighted by atomic mass is 127. The monoisotopic (exact) mass is 362 g/mol. The molecule has 0 spiro atoms. The van der Waals surface area contributed by atoms with Gasteiger partial charge in [0.15, 0.2) is 3.77 Å². The first-order chi connectivity index (χ1) is 8.19. The first-order valence-electron chi connectivity index (χ1n) is 5.61. The van der Waals surface area contributed by atoms with Gasteiger partial charge in [0.2, 0.25) is 0 Å². The van der Waals surface area contributed by atoms with Crippen molar-refractivity contribution in [3.05, 3.63) is 37.7 Å². The van der Waals surface area contributed by atoms with Crippen LogP contribution in [0.1, 0.15) is 35.5 Å². The Morgan fingerprint density at radius 3 is 2.94 bits per heavy atom. The minimum atomic E-state index is 0.267. The third-order valence-electron chi connectivity index (χ3n) is 2.50. The molecular weight excluding hydrogens is 347 g/mol. The number of halogens is 1. The number of nitrogens with zero attached hydrogens (tertiary/aromatic N) is 1. The summed E-state index contributed by atoms with van der Waals surface area (Å²) in [5.41, 5.74) is 0. The Labute approximate surface area is 119 Å². The molecule has 2 aromatic rings. The van der Waals surface area contributed by atoms with E-state index in [9.17, 15) is 0 Å². The van der Waals surface area contributed by atoms with Gasteiger partial charge in [0.1, 0.15) is 10.8 Å². The normalized spacial score (nSPS) is 12.9. The van der Waals surface area contributed by atoms with Gasteiger partial charge in [-0.05, 0) is 48.1 Å². The van der Waals surface area contributed by atoms with Crippen molar-refractivity contribution >= 4 is 33.9 Å². The minimum absolute atomic E-state index is 0.267. The van der Waals surface area contributed by atoms with Crippen LogP contribution in [-0.4, -0.2) is 4.98 Å². The summed E-state index contributed by atoms with van der Waals surface area (Å²) < 4.78 is 6.43. The highest BCUT2D eigenvalue weighted by molar-refractivity contribution is 14.1. The Hall–Kier alpha value is -0.400. The SMILES string of the molecule is CCc1cnc(C(C)NCc2ccc(I)o2)s1. The summed E-state index contributed by atoms with van der Waals surface area (Å²) in [6.07, 6.45) is 3.02. The predicted octanol–water partition coefficient (Wildman–Crippen LogP) is 3.75. The van der Waals surface area contributed by atoms with Crippen molar-refractivity contribution in [1.82, 2.24) is 10.3 Å². The minimum Gasteiger partial charge on any atom is -0.454 e. The van der Waals surface area contributed by atoms with Gasteiger partial charge < -0.3 is 9.73 Å².